The standard InChI is InChI=1S/C14H18ClFO2/c1-2-18-11-5-9(6-11)7-14(17)12-4-3-10(15)8-13(12)16/h3-4,8-9,11,14,17H,2,5-7H2,1H3. The first-order valence-corrected chi connectivity index (χ1v) is 6.72. The molecule has 1 fully saturated rings. The van der Waals surface area contributed by atoms with Crippen molar-refractivity contribution in [1.82, 2.24) is 0 Å². The van der Waals surface area contributed by atoms with Crippen molar-refractivity contribution in [1.29, 1.82) is 0 Å². The van der Waals surface area contributed by atoms with Crippen LogP contribution in [0.3, 0.4) is 0 Å². The fraction of sp³-hybridized carbons (Fsp3) is 0.571. The molecule has 1 unspecified atom stereocenters. The molecule has 1 aliphatic carbocycles. The van der Waals surface area contributed by atoms with Crippen LogP contribution in [0.2, 0.25) is 5.02 Å². The van der Waals surface area contributed by atoms with Crippen LogP contribution in [-0.2, 0) is 4.74 Å². The van der Waals surface area contributed by atoms with Crippen molar-refractivity contribution in [2.24, 2.45) is 5.92 Å². The van der Waals surface area contributed by atoms with Crippen molar-refractivity contribution >= 4 is 11.6 Å². The summed E-state index contributed by atoms with van der Waals surface area (Å²) in [6.45, 7) is 2.71. The number of hydrogen-bond donors (Lipinski definition) is 1. The van der Waals surface area contributed by atoms with E-state index >= 15 is 0 Å². The van der Waals surface area contributed by atoms with E-state index in [1.54, 1.807) is 12.1 Å². The Labute approximate surface area is 112 Å². The second kappa shape index (κ2) is 6.00. The van der Waals surface area contributed by atoms with Gasteiger partial charge in [0.15, 0.2) is 0 Å². The molecule has 0 aliphatic heterocycles. The summed E-state index contributed by atoms with van der Waals surface area (Å²) < 4.78 is 19.1. The van der Waals surface area contributed by atoms with Crippen LogP contribution < -0.4 is 0 Å². The van der Waals surface area contributed by atoms with E-state index in [0.29, 0.717) is 29.0 Å². The van der Waals surface area contributed by atoms with Gasteiger partial charge in [0, 0.05) is 17.2 Å². The minimum absolute atomic E-state index is 0.322. The Balaban J connectivity index is 1.87. The van der Waals surface area contributed by atoms with Gasteiger partial charge in [-0.1, -0.05) is 17.7 Å². The van der Waals surface area contributed by atoms with Crippen LogP contribution in [0.15, 0.2) is 18.2 Å². The first-order chi connectivity index (χ1) is 8.60. The quantitative estimate of drug-likeness (QED) is 0.885. The van der Waals surface area contributed by atoms with Crippen molar-refractivity contribution in [3.63, 3.8) is 0 Å². The fourth-order valence-electron chi connectivity index (χ4n) is 2.45. The monoisotopic (exact) mass is 272 g/mol. The first kappa shape index (κ1) is 13.8. The molecule has 18 heavy (non-hydrogen) atoms. The lowest BCUT2D eigenvalue weighted by Crippen LogP contribution is -2.32. The first-order valence-electron chi connectivity index (χ1n) is 6.34. The number of aliphatic hydroxyl groups excluding tert-OH is 1. The van der Waals surface area contributed by atoms with Crippen LogP contribution in [-0.4, -0.2) is 17.8 Å². The Hall–Kier alpha value is -0.640. The summed E-state index contributed by atoms with van der Waals surface area (Å²) >= 11 is 5.68. The Morgan fingerprint density at radius 1 is 1.50 bits per heavy atom. The van der Waals surface area contributed by atoms with E-state index in [1.807, 2.05) is 6.92 Å². The molecule has 100 valence electrons. The summed E-state index contributed by atoms with van der Waals surface area (Å²) in [6.07, 6.45) is 2.07. The van der Waals surface area contributed by atoms with Crippen molar-refractivity contribution in [3.05, 3.63) is 34.6 Å². The average molecular weight is 273 g/mol. The highest BCUT2D eigenvalue weighted by Gasteiger charge is 2.31. The molecule has 0 radical (unpaired) electrons. The Kier molecular flexibility index (Phi) is 4.60. The van der Waals surface area contributed by atoms with Gasteiger partial charge in [-0.15, -0.1) is 0 Å². The van der Waals surface area contributed by atoms with E-state index in [-0.39, 0.29) is 0 Å². The van der Waals surface area contributed by atoms with Gasteiger partial charge >= 0.3 is 0 Å². The molecule has 1 aromatic carbocycles. The van der Waals surface area contributed by atoms with E-state index in [2.05, 4.69) is 0 Å². The molecule has 2 rings (SSSR count). The fourth-order valence-corrected chi connectivity index (χ4v) is 2.61. The summed E-state index contributed by atoms with van der Waals surface area (Å²) in [5.74, 6) is -0.0118. The van der Waals surface area contributed by atoms with E-state index in [9.17, 15) is 9.50 Å². The molecule has 0 heterocycles. The normalized spacial score (nSPS) is 24.7. The highest BCUT2D eigenvalue weighted by Crippen LogP contribution is 2.37. The van der Waals surface area contributed by atoms with Crippen LogP contribution in [0.25, 0.3) is 0 Å². The summed E-state index contributed by atoms with van der Waals surface area (Å²) in [6, 6.07) is 4.40. The third kappa shape index (κ3) is 3.22. The molecular weight excluding hydrogens is 255 g/mol. The number of ether oxygens (including phenoxy) is 1. The van der Waals surface area contributed by atoms with Crippen LogP contribution >= 0.6 is 11.6 Å². The third-order valence-electron chi connectivity index (χ3n) is 3.47. The van der Waals surface area contributed by atoms with Crippen molar-refractivity contribution in [2.75, 3.05) is 6.61 Å². The van der Waals surface area contributed by atoms with Crippen LogP contribution in [0.5, 0.6) is 0 Å². The van der Waals surface area contributed by atoms with Gasteiger partial charge in [-0.3, -0.25) is 0 Å². The van der Waals surface area contributed by atoms with Crippen molar-refractivity contribution in [3.8, 4) is 0 Å². The molecule has 4 heteroatoms. The van der Waals surface area contributed by atoms with Crippen molar-refractivity contribution in [2.45, 2.75) is 38.4 Å². The topological polar surface area (TPSA) is 29.5 Å². The van der Waals surface area contributed by atoms with Gasteiger partial charge in [-0.25, -0.2) is 4.39 Å². The highest BCUT2D eigenvalue weighted by molar-refractivity contribution is 6.30. The van der Waals surface area contributed by atoms with Crippen LogP contribution in [0.1, 0.15) is 37.9 Å². The van der Waals surface area contributed by atoms with Crippen LogP contribution in [0, 0.1) is 11.7 Å². The van der Waals surface area contributed by atoms with E-state index in [4.69, 9.17) is 16.3 Å². The van der Waals surface area contributed by atoms with Gasteiger partial charge in [-0.2, -0.15) is 0 Å². The third-order valence-corrected chi connectivity index (χ3v) is 3.71. The molecule has 1 N–H and O–H groups in total. The predicted octanol–water partition coefficient (Wildman–Crippen LogP) is 3.72. The minimum atomic E-state index is -0.755. The zero-order chi connectivity index (χ0) is 13.1. The van der Waals surface area contributed by atoms with E-state index in [0.717, 1.165) is 19.4 Å². The number of hydrogen-bond acceptors (Lipinski definition) is 2. The lowest BCUT2D eigenvalue weighted by molar-refractivity contribution is -0.0382. The second-order valence-corrected chi connectivity index (χ2v) is 5.27. The van der Waals surface area contributed by atoms with Gasteiger partial charge in [0.1, 0.15) is 5.82 Å². The molecule has 0 saturated heterocycles. The number of benzene rings is 1. The van der Waals surface area contributed by atoms with Gasteiger partial charge in [0.25, 0.3) is 0 Å². The molecule has 0 amide bonds. The Morgan fingerprint density at radius 3 is 2.83 bits per heavy atom. The highest BCUT2D eigenvalue weighted by atomic mass is 35.5. The van der Waals surface area contributed by atoms with Gasteiger partial charge in [0.05, 0.1) is 12.2 Å². The Bertz CT molecular complexity index is 405. The molecular formula is C14H18ClFO2. The molecule has 2 nitrogen and oxygen atoms in total. The van der Waals surface area contributed by atoms with E-state index in [1.165, 1.54) is 6.07 Å². The molecule has 1 aliphatic rings. The number of halogens is 2. The Morgan fingerprint density at radius 2 is 2.22 bits per heavy atom. The maximum Gasteiger partial charge on any atom is 0.130 e. The molecule has 1 atom stereocenters. The summed E-state index contributed by atoms with van der Waals surface area (Å²) in [7, 11) is 0. The van der Waals surface area contributed by atoms with Gasteiger partial charge in [-0.05, 0) is 44.2 Å². The van der Waals surface area contributed by atoms with Gasteiger partial charge < -0.3 is 9.84 Å². The predicted molar refractivity (Wildman–Crippen MR) is 69.1 cm³/mol. The molecule has 0 spiro atoms. The molecule has 1 aromatic rings. The maximum absolute atomic E-state index is 13.6. The average Bonchev–Trinajstić information content (AvgIpc) is 2.26. The smallest absolute Gasteiger partial charge is 0.130 e. The second-order valence-electron chi connectivity index (χ2n) is 4.83. The lowest BCUT2D eigenvalue weighted by Gasteiger charge is -2.36. The zero-order valence-corrected chi connectivity index (χ0v) is 11.2. The maximum atomic E-state index is 13.6. The lowest BCUT2D eigenvalue weighted by atomic mass is 9.78. The summed E-state index contributed by atoms with van der Waals surface area (Å²) in [5.41, 5.74) is 0.333. The van der Waals surface area contributed by atoms with Crippen molar-refractivity contribution < 1.29 is 14.2 Å². The minimum Gasteiger partial charge on any atom is -0.388 e. The van der Waals surface area contributed by atoms with Crippen LogP contribution in [0.4, 0.5) is 4.39 Å². The molecule has 1 saturated carbocycles. The summed E-state index contributed by atoms with van der Waals surface area (Å²) in [4.78, 5) is 0. The van der Waals surface area contributed by atoms with E-state index < -0.39 is 11.9 Å². The number of rotatable bonds is 5. The summed E-state index contributed by atoms with van der Waals surface area (Å²) in [5, 5.41) is 10.4. The largest absolute Gasteiger partial charge is 0.388 e. The number of aliphatic hydroxyl groups is 1. The molecule has 0 aromatic heterocycles. The van der Waals surface area contributed by atoms with Gasteiger partial charge in [0.2, 0.25) is 0 Å². The molecule has 0 bridgehead atoms. The zero-order valence-electron chi connectivity index (χ0n) is 10.4. The SMILES string of the molecule is CCOC1CC(CC(O)c2ccc(Cl)cc2F)C1.